The number of carbonyl (C=O) groups is 1. The number of rotatable bonds is 4. The SMILES string of the molecule is O=C1N(C2CCCCC2)N=C[C@]12CC[C@@H](NS(=O)(=O)c1ccc(C(F)(F)F)cc1)CC2. The van der Waals surface area contributed by atoms with Crippen molar-refractivity contribution in [1.82, 2.24) is 9.73 Å². The molecule has 2 aliphatic carbocycles. The van der Waals surface area contributed by atoms with Crippen molar-refractivity contribution < 1.29 is 26.4 Å². The average Bonchev–Trinajstić information content (AvgIpc) is 3.06. The molecule has 1 N–H and O–H groups in total. The zero-order chi connectivity index (χ0) is 22.3. The number of nitrogens with zero attached hydrogens (tertiary/aromatic N) is 2. The molecule has 0 atom stereocenters. The predicted molar refractivity (Wildman–Crippen MR) is 109 cm³/mol. The summed E-state index contributed by atoms with van der Waals surface area (Å²) in [7, 11) is -3.95. The Morgan fingerprint density at radius 2 is 1.61 bits per heavy atom. The highest BCUT2D eigenvalue weighted by Crippen LogP contribution is 2.42. The molecule has 1 amide bonds. The highest BCUT2D eigenvalue weighted by atomic mass is 32.2. The maximum atomic E-state index is 13.1. The van der Waals surface area contributed by atoms with Crippen molar-refractivity contribution in [2.45, 2.75) is 80.9 Å². The van der Waals surface area contributed by atoms with Crippen LogP contribution in [0.1, 0.15) is 63.4 Å². The second-order valence-corrected chi connectivity index (χ2v) is 10.5. The average molecular weight is 458 g/mol. The molecule has 0 bridgehead atoms. The molecule has 4 rings (SSSR count). The summed E-state index contributed by atoms with van der Waals surface area (Å²) in [5.74, 6) is 0.0171. The fraction of sp³-hybridized carbons (Fsp3) is 0.619. The van der Waals surface area contributed by atoms with Gasteiger partial charge in [-0.2, -0.15) is 18.3 Å². The van der Waals surface area contributed by atoms with Gasteiger partial charge in [0.2, 0.25) is 10.0 Å². The Kier molecular flexibility index (Phi) is 5.89. The first-order valence-corrected chi connectivity index (χ1v) is 12.2. The largest absolute Gasteiger partial charge is 0.416 e. The Morgan fingerprint density at radius 1 is 1.00 bits per heavy atom. The van der Waals surface area contributed by atoms with Crippen LogP contribution in [-0.2, 0) is 21.0 Å². The number of hydrogen-bond acceptors (Lipinski definition) is 4. The van der Waals surface area contributed by atoms with Gasteiger partial charge >= 0.3 is 6.18 Å². The minimum Gasteiger partial charge on any atom is -0.272 e. The van der Waals surface area contributed by atoms with Gasteiger partial charge in [0.1, 0.15) is 0 Å². The molecular weight excluding hydrogens is 431 g/mol. The number of carbonyl (C=O) groups excluding carboxylic acids is 1. The van der Waals surface area contributed by atoms with Crippen molar-refractivity contribution in [2.24, 2.45) is 10.5 Å². The Hall–Kier alpha value is -1.94. The van der Waals surface area contributed by atoms with Gasteiger partial charge in [-0.1, -0.05) is 19.3 Å². The lowest BCUT2D eigenvalue weighted by atomic mass is 9.73. The van der Waals surface area contributed by atoms with Crippen molar-refractivity contribution in [1.29, 1.82) is 0 Å². The fourth-order valence-electron chi connectivity index (χ4n) is 4.80. The summed E-state index contributed by atoms with van der Waals surface area (Å²) in [5.41, 5.74) is -1.55. The molecule has 2 saturated carbocycles. The minimum atomic E-state index is -4.52. The molecule has 1 spiro atoms. The highest BCUT2D eigenvalue weighted by Gasteiger charge is 2.48. The van der Waals surface area contributed by atoms with Crippen molar-refractivity contribution in [3.05, 3.63) is 29.8 Å². The van der Waals surface area contributed by atoms with E-state index in [1.165, 1.54) is 6.42 Å². The Bertz CT molecular complexity index is 946. The van der Waals surface area contributed by atoms with Crippen molar-refractivity contribution >= 4 is 22.1 Å². The molecule has 1 heterocycles. The van der Waals surface area contributed by atoms with E-state index in [0.717, 1.165) is 49.9 Å². The maximum absolute atomic E-state index is 13.1. The van der Waals surface area contributed by atoms with Gasteiger partial charge in [-0.15, -0.1) is 0 Å². The predicted octanol–water partition coefficient (Wildman–Crippen LogP) is 4.07. The summed E-state index contributed by atoms with van der Waals surface area (Å²) in [6.45, 7) is 0. The molecule has 1 aromatic rings. The van der Waals surface area contributed by atoms with Gasteiger partial charge in [0, 0.05) is 12.3 Å². The molecule has 3 aliphatic rings. The van der Waals surface area contributed by atoms with E-state index in [4.69, 9.17) is 0 Å². The monoisotopic (exact) mass is 457 g/mol. The van der Waals surface area contributed by atoms with Crippen LogP contribution in [0.3, 0.4) is 0 Å². The van der Waals surface area contributed by atoms with Gasteiger partial charge in [0.05, 0.1) is 21.9 Å². The molecule has 0 radical (unpaired) electrons. The first-order valence-electron chi connectivity index (χ1n) is 10.7. The van der Waals surface area contributed by atoms with E-state index in [1.807, 2.05) is 0 Å². The van der Waals surface area contributed by atoms with Gasteiger partial charge in [-0.25, -0.2) is 18.1 Å². The molecule has 170 valence electrons. The number of sulfonamides is 1. The smallest absolute Gasteiger partial charge is 0.272 e. The fourth-order valence-corrected chi connectivity index (χ4v) is 6.10. The molecule has 2 fully saturated rings. The number of amides is 1. The van der Waals surface area contributed by atoms with Gasteiger partial charge in [0.15, 0.2) is 0 Å². The van der Waals surface area contributed by atoms with Crippen LogP contribution in [-0.4, -0.2) is 37.6 Å². The normalized spacial score (nSPS) is 27.9. The van der Waals surface area contributed by atoms with Gasteiger partial charge in [-0.3, -0.25) is 4.79 Å². The van der Waals surface area contributed by atoms with Crippen LogP contribution < -0.4 is 4.72 Å². The second kappa shape index (κ2) is 8.20. The number of benzene rings is 1. The minimum absolute atomic E-state index is 0.0171. The third-order valence-corrected chi connectivity index (χ3v) is 8.21. The van der Waals surface area contributed by atoms with Gasteiger partial charge < -0.3 is 0 Å². The Morgan fingerprint density at radius 3 is 2.19 bits per heavy atom. The maximum Gasteiger partial charge on any atom is 0.416 e. The van der Waals surface area contributed by atoms with E-state index < -0.39 is 27.2 Å². The first kappa shape index (κ1) is 22.3. The van der Waals surface area contributed by atoms with Crippen molar-refractivity contribution in [2.75, 3.05) is 0 Å². The van der Waals surface area contributed by atoms with Crippen LogP contribution in [0.15, 0.2) is 34.3 Å². The topological polar surface area (TPSA) is 78.8 Å². The van der Waals surface area contributed by atoms with Crippen molar-refractivity contribution in [3.63, 3.8) is 0 Å². The van der Waals surface area contributed by atoms with E-state index in [-0.39, 0.29) is 22.9 Å². The lowest BCUT2D eigenvalue weighted by Crippen LogP contribution is -2.47. The summed E-state index contributed by atoms with van der Waals surface area (Å²) < 4.78 is 65.9. The lowest BCUT2D eigenvalue weighted by Gasteiger charge is -2.36. The number of hydrazone groups is 1. The van der Waals surface area contributed by atoms with E-state index in [2.05, 4.69) is 9.82 Å². The highest BCUT2D eigenvalue weighted by molar-refractivity contribution is 7.89. The van der Waals surface area contributed by atoms with Crippen LogP contribution in [0.5, 0.6) is 0 Å². The number of halogens is 3. The molecule has 1 aromatic carbocycles. The lowest BCUT2D eigenvalue weighted by molar-refractivity contribution is -0.140. The second-order valence-electron chi connectivity index (χ2n) is 8.76. The standard InChI is InChI=1S/C21H26F3N3O3S/c22-21(23,24)15-6-8-18(9-7-15)31(29,30)26-16-10-12-20(13-11-16)14-25-27(19(20)28)17-4-2-1-3-5-17/h6-9,14,16-17,26H,1-5,10-13H2/t16-,20-. The van der Waals surface area contributed by atoms with Crippen LogP contribution in [0, 0.1) is 5.41 Å². The van der Waals surface area contributed by atoms with Gasteiger partial charge in [0.25, 0.3) is 5.91 Å². The molecule has 0 aromatic heterocycles. The quantitative estimate of drug-likeness (QED) is 0.740. The van der Waals surface area contributed by atoms with E-state index >= 15 is 0 Å². The zero-order valence-electron chi connectivity index (χ0n) is 17.1. The van der Waals surface area contributed by atoms with Gasteiger partial charge in [-0.05, 0) is 62.8 Å². The first-order chi connectivity index (χ1) is 14.6. The van der Waals surface area contributed by atoms with E-state index in [1.54, 1.807) is 11.2 Å². The molecule has 31 heavy (non-hydrogen) atoms. The summed E-state index contributed by atoms with van der Waals surface area (Å²) in [5, 5.41) is 6.07. The van der Waals surface area contributed by atoms with Crippen LogP contribution in [0.2, 0.25) is 0 Å². The van der Waals surface area contributed by atoms with E-state index in [9.17, 15) is 26.4 Å². The molecule has 0 unspecified atom stereocenters. The van der Waals surface area contributed by atoms with Crippen LogP contribution in [0.4, 0.5) is 13.2 Å². The summed E-state index contributed by atoms with van der Waals surface area (Å²) in [6, 6.07) is 3.24. The molecule has 10 heteroatoms. The molecule has 6 nitrogen and oxygen atoms in total. The molecular formula is C21H26F3N3O3S. The molecule has 1 aliphatic heterocycles. The molecule has 0 saturated heterocycles. The Balaban J connectivity index is 1.37. The van der Waals surface area contributed by atoms with Crippen LogP contribution >= 0.6 is 0 Å². The number of hydrogen-bond donors (Lipinski definition) is 1. The van der Waals surface area contributed by atoms with Crippen molar-refractivity contribution in [3.8, 4) is 0 Å². The van der Waals surface area contributed by atoms with E-state index in [0.29, 0.717) is 25.7 Å². The number of nitrogens with one attached hydrogen (secondary N) is 1. The summed E-state index contributed by atoms with van der Waals surface area (Å²) >= 11 is 0. The summed E-state index contributed by atoms with van der Waals surface area (Å²) in [4.78, 5) is 12.9. The third-order valence-electron chi connectivity index (χ3n) is 6.68. The third kappa shape index (κ3) is 4.50. The van der Waals surface area contributed by atoms with Crippen LogP contribution in [0.25, 0.3) is 0 Å². The zero-order valence-corrected chi connectivity index (χ0v) is 17.9. The number of alkyl halides is 3. The Labute approximate surface area is 179 Å². The summed E-state index contributed by atoms with van der Waals surface area (Å²) in [6.07, 6.45) is 4.48.